The lowest BCUT2D eigenvalue weighted by Crippen LogP contribution is -2.33. The maximum atomic E-state index is 13.6. The van der Waals surface area contributed by atoms with Gasteiger partial charge in [0.2, 0.25) is 17.6 Å². The number of methoxy groups -OCH3 is 3. The van der Waals surface area contributed by atoms with E-state index in [1.54, 1.807) is 31.0 Å². The fourth-order valence-corrected chi connectivity index (χ4v) is 4.92. The highest BCUT2D eigenvalue weighted by atomic mass is 16.5. The van der Waals surface area contributed by atoms with E-state index in [-0.39, 0.29) is 29.6 Å². The largest absolute Gasteiger partial charge is 0.493 e. The first kappa shape index (κ1) is 23.2. The molecule has 0 amide bonds. The molecule has 2 aliphatic rings. The highest BCUT2D eigenvalue weighted by molar-refractivity contribution is 6.00. The van der Waals surface area contributed by atoms with Crippen LogP contribution in [0.25, 0.3) is 0 Å². The molecule has 5 rings (SSSR count). The van der Waals surface area contributed by atoms with Crippen molar-refractivity contribution in [2.24, 2.45) is 0 Å². The molecule has 3 aromatic rings. The Morgan fingerprint density at radius 2 is 1.72 bits per heavy atom. The summed E-state index contributed by atoms with van der Waals surface area (Å²) < 4.78 is 18.0. The van der Waals surface area contributed by atoms with Gasteiger partial charge < -0.3 is 30.4 Å². The number of aromatic carboxylic acids is 1. The van der Waals surface area contributed by atoms with Crippen molar-refractivity contribution in [3.05, 3.63) is 64.4 Å². The Morgan fingerprint density at radius 3 is 2.31 bits per heavy atom. The number of ether oxygens (including phenoxy) is 3. The number of rotatable bonds is 6. The van der Waals surface area contributed by atoms with E-state index in [1.807, 2.05) is 12.1 Å². The number of carboxylic acid groups (broad SMARTS) is 1. The zero-order valence-electron chi connectivity index (χ0n) is 19.9. The van der Waals surface area contributed by atoms with Crippen molar-refractivity contribution in [2.45, 2.75) is 24.8 Å². The molecule has 2 atom stereocenters. The van der Waals surface area contributed by atoms with Crippen molar-refractivity contribution >= 4 is 23.6 Å². The van der Waals surface area contributed by atoms with Crippen LogP contribution < -0.4 is 25.3 Å². The predicted molar refractivity (Wildman–Crippen MR) is 130 cm³/mol. The normalized spacial score (nSPS) is 18.7. The summed E-state index contributed by atoms with van der Waals surface area (Å²) >= 11 is 0. The Hall–Kier alpha value is -4.54. The molecule has 2 heterocycles. The fourth-order valence-electron chi connectivity index (χ4n) is 4.92. The molecule has 1 aromatic heterocycles. The number of aromatic nitrogens is 3. The van der Waals surface area contributed by atoms with Crippen molar-refractivity contribution in [3.8, 4) is 17.2 Å². The number of nitrogens with two attached hydrogens (primary N) is 1. The smallest absolute Gasteiger partial charge is 0.335 e. The zero-order chi connectivity index (χ0) is 25.6. The lowest BCUT2D eigenvalue weighted by Gasteiger charge is -2.35. The van der Waals surface area contributed by atoms with Gasteiger partial charge in [0.05, 0.1) is 26.9 Å². The summed E-state index contributed by atoms with van der Waals surface area (Å²) in [4.78, 5) is 29.3. The van der Waals surface area contributed by atoms with Gasteiger partial charge in [0.15, 0.2) is 17.3 Å². The van der Waals surface area contributed by atoms with Crippen molar-refractivity contribution < 1.29 is 28.9 Å². The van der Waals surface area contributed by atoms with Crippen LogP contribution in [0.15, 0.2) is 47.7 Å². The number of hydrogen-bond acceptors (Lipinski definition) is 9. The van der Waals surface area contributed by atoms with Gasteiger partial charge in [-0.25, -0.2) is 9.48 Å². The Bertz CT molecular complexity index is 1370. The minimum atomic E-state index is -1.03. The molecule has 0 unspecified atom stereocenters. The number of nitrogens with one attached hydrogen (secondary N) is 1. The van der Waals surface area contributed by atoms with Crippen LogP contribution in [0.1, 0.15) is 46.3 Å². The number of anilines is 2. The third-order valence-corrected chi connectivity index (χ3v) is 6.57. The van der Waals surface area contributed by atoms with Crippen molar-refractivity contribution in [2.75, 3.05) is 32.4 Å². The second kappa shape index (κ2) is 8.91. The first-order valence-corrected chi connectivity index (χ1v) is 11.2. The summed E-state index contributed by atoms with van der Waals surface area (Å²) in [6.07, 6.45) is 0.776. The van der Waals surface area contributed by atoms with Gasteiger partial charge >= 0.3 is 5.97 Å². The van der Waals surface area contributed by atoms with Crippen LogP contribution in [0, 0.1) is 0 Å². The van der Waals surface area contributed by atoms with E-state index in [0.29, 0.717) is 40.8 Å². The number of carbonyl (C=O) groups excluding carboxylic acids is 1. The molecule has 11 heteroatoms. The first-order chi connectivity index (χ1) is 17.3. The van der Waals surface area contributed by atoms with Gasteiger partial charge in [-0.15, -0.1) is 5.10 Å². The summed E-state index contributed by atoms with van der Waals surface area (Å²) in [5.41, 5.74) is 8.90. The molecule has 0 saturated heterocycles. The molecule has 186 valence electrons. The zero-order valence-corrected chi connectivity index (χ0v) is 19.9. The quantitative estimate of drug-likeness (QED) is 0.469. The van der Waals surface area contributed by atoms with Crippen LogP contribution in [0.4, 0.5) is 11.9 Å². The van der Waals surface area contributed by atoms with Crippen LogP contribution in [-0.2, 0) is 4.79 Å². The molecule has 4 N–H and O–H groups in total. The minimum absolute atomic E-state index is 0.0606. The number of Topliss-reactive ketones (excluding diaryl/α,β-unsaturated/α-hetero) is 1. The molecule has 0 saturated carbocycles. The standard InChI is InChI=1S/C25H25N5O6/c1-34-18-10-15(11-19(35-2)22(18)36-3)14-8-16-20(17(31)9-14)21(30-25(27-16)28-24(26)29-30)12-4-6-13(7-5-12)23(32)33/h4-7,10-11,14,21H,8-9H2,1-3H3,(H,32,33)(H3,26,27,28,29)/t14-,21-/m0/s1. The Labute approximate surface area is 206 Å². The van der Waals surface area contributed by atoms with Crippen molar-refractivity contribution in [1.29, 1.82) is 0 Å². The SMILES string of the molecule is COc1cc([C@@H]2CC(=O)C3=C(C2)Nc2nc(N)nn2[C@H]3c2ccc(C(=O)O)cc2)cc(OC)c1OC. The average molecular weight is 492 g/mol. The van der Waals surface area contributed by atoms with Crippen LogP contribution in [0.5, 0.6) is 17.2 Å². The lowest BCUT2D eigenvalue weighted by molar-refractivity contribution is -0.116. The summed E-state index contributed by atoms with van der Waals surface area (Å²) in [5, 5.41) is 16.8. The number of allylic oxidation sites excluding steroid dienone is 2. The Morgan fingerprint density at radius 1 is 1.06 bits per heavy atom. The topological polar surface area (TPSA) is 151 Å². The van der Waals surface area contributed by atoms with Gasteiger partial charge in [0.1, 0.15) is 6.04 Å². The fraction of sp³-hybridized carbons (Fsp3) is 0.280. The van der Waals surface area contributed by atoms with Gasteiger partial charge in [-0.1, -0.05) is 12.1 Å². The molecule has 2 aromatic carbocycles. The highest BCUT2D eigenvalue weighted by Gasteiger charge is 2.40. The first-order valence-electron chi connectivity index (χ1n) is 11.2. The van der Waals surface area contributed by atoms with E-state index in [9.17, 15) is 14.7 Å². The van der Waals surface area contributed by atoms with E-state index in [0.717, 1.165) is 11.3 Å². The van der Waals surface area contributed by atoms with Gasteiger partial charge in [0.25, 0.3) is 0 Å². The number of hydrogen-bond donors (Lipinski definition) is 3. The van der Waals surface area contributed by atoms with E-state index < -0.39 is 12.0 Å². The maximum absolute atomic E-state index is 13.6. The molecule has 0 fully saturated rings. The monoisotopic (exact) mass is 491 g/mol. The molecule has 0 radical (unpaired) electrons. The molecule has 1 aliphatic carbocycles. The number of carboxylic acids is 1. The number of ketones is 1. The van der Waals surface area contributed by atoms with E-state index >= 15 is 0 Å². The predicted octanol–water partition coefficient (Wildman–Crippen LogP) is 3.00. The number of nitrogen functional groups attached to an aromatic ring is 1. The van der Waals surface area contributed by atoms with Crippen LogP contribution >= 0.6 is 0 Å². The molecular formula is C25H25N5O6. The van der Waals surface area contributed by atoms with Gasteiger partial charge in [0, 0.05) is 17.7 Å². The second-order valence-corrected chi connectivity index (χ2v) is 8.57. The Balaban J connectivity index is 1.58. The Kier molecular flexibility index (Phi) is 5.75. The number of carbonyl (C=O) groups is 2. The second-order valence-electron chi connectivity index (χ2n) is 8.57. The van der Waals surface area contributed by atoms with Crippen LogP contribution in [-0.4, -0.2) is 53.0 Å². The van der Waals surface area contributed by atoms with Crippen LogP contribution in [0.3, 0.4) is 0 Å². The molecular weight excluding hydrogens is 466 g/mol. The lowest BCUT2D eigenvalue weighted by atomic mass is 9.77. The average Bonchev–Trinajstić information content (AvgIpc) is 3.25. The number of benzene rings is 2. The van der Waals surface area contributed by atoms with Crippen LogP contribution in [0.2, 0.25) is 0 Å². The molecule has 0 spiro atoms. The third-order valence-electron chi connectivity index (χ3n) is 6.57. The summed E-state index contributed by atoms with van der Waals surface area (Å²) in [6, 6.07) is 9.51. The maximum Gasteiger partial charge on any atom is 0.335 e. The van der Waals surface area contributed by atoms with Crippen molar-refractivity contribution in [1.82, 2.24) is 14.8 Å². The van der Waals surface area contributed by atoms with E-state index in [1.165, 1.54) is 19.2 Å². The molecule has 11 nitrogen and oxygen atoms in total. The molecule has 0 bridgehead atoms. The molecule has 36 heavy (non-hydrogen) atoms. The van der Waals surface area contributed by atoms with E-state index in [2.05, 4.69) is 15.4 Å². The summed E-state index contributed by atoms with van der Waals surface area (Å²) in [6.45, 7) is 0. The van der Waals surface area contributed by atoms with E-state index in [4.69, 9.17) is 19.9 Å². The highest BCUT2D eigenvalue weighted by Crippen LogP contribution is 2.47. The summed E-state index contributed by atoms with van der Waals surface area (Å²) in [7, 11) is 4.64. The van der Waals surface area contributed by atoms with Gasteiger partial charge in [-0.3, -0.25) is 4.79 Å². The number of nitrogens with zero attached hydrogens (tertiary/aromatic N) is 3. The minimum Gasteiger partial charge on any atom is -0.493 e. The van der Waals surface area contributed by atoms with Gasteiger partial charge in [-0.05, 0) is 47.7 Å². The molecule has 1 aliphatic heterocycles. The third kappa shape index (κ3) is 3.78. The van der Waals surface area contributed by atoms with Gasteiger partial charge in [-0.2, -0.15) is 4.98 Å². The number of fused-ring (bicyclic) bond motifs is 1. The van der Waals surface area contributed by atoms with Crippen molar-refractivity contribution in [3.63, 3.8) is 0 Å². The summed E-state index contributed by atoms with van der Waals surface area (Å²) in [5.74, 6) is 0.748.